The summed E-state index contributed by atoms with van der Waals surface area (Å²) in [5, 5.41) is 3.02. The number of aromatic nitrogens is 1. The van der Waals surface area contributed by atoms with Crippen molar-refractivity contribution in [1.29, 1.82) is 0 Å². The van der Waals surface area contributed by atoms with E-state index in [1.807, 2.05) is 41.8 Å². The minimum atomic E-state index is -0.0457. The Bertz CT molecular complexity index is 828. The zero-order chi connectivity index (χ0) is 17.1. The van der Waals surface area contributed by atoms with E-state index in [1.165, 1.54) is 0 Å². The molecule has 0 saturated carbocycles. The van der Waals surface area contributed by atoms with Crippen molar-refractivity contribution in [3.63, 3.8) is 0 Å². The van der Waals surface area contributed by atoms with Gasteiger partial charge in [-0.15, -0.1) is 0 Å². The first-order valence-electron chi connectivity index (χ1n) is 8.46. The topological polar surface area (TPSA) is 47.2 Å². The minimum absolute atomic E-state index is 0.0457. The van der Waals surface area contributed by atoms with Crippen LogP contribution in [0.4, 0.5) is 0 Å². The van der Waals surface area contributed by atoms with E-state index in [2.05, 4.69) is 31.3 Å². The van der Waals surface area contributed by atoms with Gasteiger partial charge in [0.05, 0.1) is 5.52 Å². The normalized spacial score (nSPS) is 11.3. The summed E-state index contributed by atoms with van der Waals surface area (Å²) < 4.78 is 7.75. The van der Waals surface area contributed by atoms with E-state index in [0.29, 0.717) is 24.7 Å². The number of aryl methyl sites for hydroxylation is 1. The molecule has 0 aliphatic heterocycles. The Hall–Kier alpha value is -2.49. The van der Waals surface area contributed by atoms with E-state index < -0.39 is 0 Å². The van der Waals surface area contributed by atoms with Gasteiger partial charge in [0.1, 0.15) is 11.5 Å². The lowest BCUT2D eigenvalue weighted by atomic mass is 10.1. The highest BCUT2D eigenvalue weighted by Gasteiger charge is 2.18. The predicted molar refractivity (Wildman–Crippen MR) is 96.3 cm³/mol. The molecule has 0 aliphatic carbocycles. The van der Waals surface area contributed by atoms with E-state index in [0.717, 1.165) is 28.8 Å². The fourth-order valence-corrected chi connectivity index (χ4v) is 2.85. The molecule has 1 N–H and O–H groups in total. The Labute approximate surface area is 142 Å². The summed E-state index contributed by atoms with van der Waals surface area (Å²) in [5.41, 5.74) is 3.53. The molecule has 4 nitrogen and oxygen atoms in total. The second-order valence-electron chi connectivity index (χ2n) is 6.65. The summed E-state index contributed by atoms with van der Waals surface area (Å²) in [4.78, 5) is 12.6. The van der Waals surface area contributed by atoms with Crippen LogP contribution in [-0.4, -0.2) is 17.0 Å². The highest BCUT2D eigenvalue weighted by Crippen LogP contribution is 2.25. The molecule has 1 aromatic carbocycles. The lowest BCUT2D eigenvalue weighted by Crippen LogP contribution is -2.27. The Balaban J connectivity index is 1.90. The average Bonchev–Trinajstić information content (AvgIpc) is 3.05. The SMILES string of the molecule is Cc1cc2c(cc(C(=O)NCCC(C)C)n2Cc2ccccc2)o1. The molecule has 0 aliphatic rings. The molecule has 3 aromatic rings. The molecular formula is C20H24N2O2. The number of nitrogens with one attached hydrogen (secondary N) is 1. The summed E-state index contributed by atoms with van der Waals surface area (Å²) in [6, 6.07) is 14.0. The molecule has 2 aromatic heterocycles. The molecule has 0 saturated heterocycles. The molecule has 3 rings (SSSR count). The third kappa shape index (κ3) is 3.53. The molecule has 1 amide bonds. The Kier molecular flexibility index (Phi) is 4.74. The van der Waals surface area contributed by atoms with Gasteiger partial charge < -0.3 is 14.3 Å². The van der Waals surface area contributed by atoms with Crippen molar-refractivity contribution in [3.8, 4) is 0 Å². The molecule has 0 atom stereocenters. The van der Waals surface area contributed by atoms with Crippen molar-refractivity contribution in [1.82, 2.24) is 9.88 Å². The second-order valence-corrected chi connectivity index (χ2v) is 6.65. The van der Waals surface area contributed by atoms with Crippen molar-refractivity contribution < 1.29 is 9.21 Å². The van der Waals surface area contributed by atoms with Crippen LogP contribution in [-0.2, 0) is 6.54 Å². The highest BCUT2D eigenvalue weighted by molar-refractivity contribution is 5.97. The van der Waals surface area contributed by atoms with Crippen LogP contribution >= 0.6 is 0 Å². The molecule has 0 unspecified atom stereocenters. The standard InChI is InChI=1S/C20H24N2O2/c1-14(2)9-10-21-20(23)18-12-19-17(11-15(3)24-19)22(18)13-16-7-5-4-6-8-16/h4-8,11-12,14H,9-10,13H2,1-3H3,(H,21,23). The minimum Gasteiger partial charge on any atom is -0.460 e. The average molecular weight is 324 g/mol. The fraction of sp³-hybridized carbons (Fsp3) is 0.350. The number of carbonyl (C=O) groups excluding carboxylic acids is 1. The summed E-state index contributed by atoms with van der Waals surface area (Å²) in [7, 11) is 0. The number of hydrogen-bond donors (Lipinski definition) is 1. The number of amides is 1. The number of fused-ring (bicyclic) bond motifs is 1. The maximum absolute atomic E-state index is 12.6. The van der Waals surface area contributed by atoms with Crippen LogP contribution in [0.5, 0.6) is 0 Å². The van der Waals surface area contributed by atoms with E-state index in [4.69, 9.17) is 4.42 Å². The first-order valence-corrected chi connectivity index (χ1v) is 8.46. The first-order chi connectivity index (χ1) is 11.5. The molecule has 0 radical (unpaired) electrons. The molecule has 0 bridgehead atoms. The van der Waals surface area contributed by atoms with Gasteiger partial charge in [-0.1, -0.05) is 44.2 Å². The first kappa shape index (κ1) is 16.4. The quantitative estimate of drug-likeness (QED) is 0.732. The molecule has 24 heavy (non-hydrogen) atoms. The van der Waals surface area contributed by atoms with Gasteiger partial charge >= 0.3 is 0 Å². The highest BCUT2D eigenvalue weighted by atomic mass is 16.3. The molecule has 0 spiro atoms. The van der Waals surface area contributed by atoms with Crippen molar-refractivity contribution in [2.75, 3.05) is 6.54 Å². The van der Waals surface area contributed by atoms with Gasteiger partial charge in [-0.05, 0) is 24.8 Å². The third-order valence-electron chi connectivity index (χ3n) is 4.14. The van der Waals surface area contributed by atoms with Crippen LogP contribution in [0.15, 0.2) is 46.9 Å². The maximum Gasteiger partial charge on any atom is 0.268 e. The van der Waals surface area contributed by atoms with Crippen molar-refractivity contribution in [2.45, 2.75) is 33.7 Å². The number of carbonyl (C=O) groups is 1. The predicted octanol–water partition coefficient (Wildman–Crippen LogP) is 4.37. The van der Waals surface area contributed by atoms with Crippen LogP contribution < -0.4 is 5.32 Å². The molecule has 2 heterocycles. The van der Waals surface area contributed by atoms with Crippen LogP contribution in [0.2, 0.25) is 0 Å². The Morgan fingerprint density at radius 2 is 1.96 bits per heavy atom. The zero-order valence-corrected chi connectivity index (χ0v) is 14.5. The smallest absolute Gasteiger partial charge is 0.268 e. The molecule has 126 valence electrons. The van der Waals surface area contributed by atoms with Crippen LogP contribution in [0.25, 0.3) is 11.1 Å². The van der Waals surface area contributed by atoms with E-state index in [1.54, 1.807) is 0 Å². The second kappa shape index (κ2) is 6.95. The Morgan fingerprint density at radius 3 is 2.67 bits per heavy atom. The van der Waals surface area contributed by atoms with Gasteiger partial charge in [-0.25, -0.2) is 0 Å². The van der Waals surface area contributed by atoms with Gasteiger partial charge in [0.2, 0.25) is 0 Å². The van der Waals surface area contributed by atoms with Crippen LogP contribution in [0.3, 0.4) is 0 Å². The number of nitrogens with zero attached hydrogens (tertiary/aromatic N) is 1. The summed E-state index contributed by atoms with van der Waals surface area (Å²) in [6.45, 7) is 7.57. The van der Waals surface area contributed by atoms with Crippen molar-refractivity contribution in [3.05, 3.63) is 59.5 Å². The van der Waals surface area contributed by atoms with Gasteiger partial charge in [-0.2, -0.15) is 0 Å². The van der Waals surface area contributed by atoms with Gasteiger partial charge in [0.25, 0.3) is 5.91 Å². The van der Waals surface area contributed by atoms with Gasteiger partial charge in [0.15, 0.2) is 5.58 Å². The third-order valence-corrected chi connectivity index (χ3v) is 4.14. The molecule has 4 heteroatoms. The van der Waals surface area contributed by atoms with Crippen molar-refractivity contribution in [2.24, 2.45) is 5.92 Å². The lowest BCUT2D eigenvalue weighted by Gasteiger charge is -2.11. The zero-order valence-electron chi connectivity index (χ0n) is 14.5. The van der Waals surface area contributed by atoms with E-state index in [-0.39, 0.29) is 5.91 Å². The van der Waals surface area contributed by atoms with Gasteiger partial charge in [-0.3, -0.25) is 4.79 Å². The largest absolute Gasteiger partial charge is 0.460 e. The Morgan fingerprint density at radius 1 is 1.21 bits per heavy atom. The summed E-state index contributed by atoms with van der Waals surface area (Å²) >= 11 is 0. The van der Waals surface area contributed by atoms with Gasteiger partial charge in [0, 0.05) is 25.2 Å². The monoisotopic (exact) mass is 324 g/mol. The summed E-state index contributed by atoms with van der Waals surface area (Å²) in [5.74, 6) is 1.38. The van der Waals surface area contributed by atoms with E-state index >= 15 is 0 Å². The number of benzene rings is 1. The number of furan rings is 1. The number of hydrogen-bond acceptors (Lipinski definition) is 2. The molecule has 0 fully saturated rings. The van der Waals surface area contributed by atoms with Crippen LogP contribution in [0, 0.1) is 12.8 Å². The summed E-state index contributed by atoms with van der Waals surface area (Å²) in [6.07, 6.45) is 0.973. The van der Waals surface area contributed by atoms with Crippen LogP contribution in [0.1, 0.15) is 42.1 Å². The maximum atomic E-state index is 12.6. The number of rotatable bonds is 6. The lowest BCUT2D eigenvalue weighted by molar-refractivity contribution is 0.0943. The fourth-order valence-electron chi connectivity index (χ4n) is 2.85. The van der Waals surface area contributed by atoms with Crippen molar-refractivity contribution >= 4 is 17.0 Å². The van der Waals surface area contributed by atoms with E-state index in [9.17, 15) is 4.79 Å². The molecular weight excluding hydrogens is 300 g/mol.